The van der Waals surface area contributed by atoms with Crippen LogP contribution in [0.15, 0.2) is 48.5 Å². The Kier molecular flexibility index (Phi) is 38.1. The number of aliphatic carboxylic acids is 1. The minimum absolute atomic E-state index is 0.246. The summed E-state index contributed by atoms with van der Waals surface area (Å²) in [6.07, 6.45) is -90.2. The molecule has 10 aliphatic rings. The number of benzene rings is 2. The highest BCUT2D eigenvalue weighted by atomic mass is 16.8. The van der Waals surface area contributed by atoms with Crippen molar-refractivity contribution in [3.05, 3.63) is 59.7 Å². The van der Waals surface area contributed by atoms with E-state index in [0.717, 1.165) is 49.9 Å². The zero-order chi connectivity index (χ0) is 99.9. The Bertz CT molecular complexity index is 4250. The second kappa shape index (κ2) is 48.0. The molecule has 0 aromatic heterocycles. The molecule has 55 heteroatoms. The third-order valence-electron chi connectivity index (χ3n) is 25.3. The highest BCUT2D eigenvalue weighted by Crippen LogP contribution is 2.46. The standard InChI is InChI=1S/C82H121N5O50/c1-25(96)83-46-36(14-29(100)13-35(73(117)118)87-82(119)121-23-34-32-11-7-5-9-30(32)31-10-6-8-12-33(31)34)122-41(19-92)66(55(46)106)131-74-47(84-26(2)97)56(107)69(44(22-95)127-74)134-79-65(116)70(135-81-72(62(113)53(104)40(18-91)126-81)137-76-49(86-28(4)99)58(109)68(43(21-94)129-76)133-78-64(115)60(111)51(102)38(16-89)124-78)54(105)45(130-79)24-120-80-71(61(112)52(103)39(17-90)125-80)136-75-48(85-27(3)98)57(108)67(42(20-93)128-75)132-77-63(114)59(110)50(101)37(15-88)123-77/h5-12,34-72,74-81,88-95,101-116H,13-24H2,1-4H3,(H,83,96)(H,84,97)(H,85,98)(H,86,99)(H,87,119)(H,117,118)/t35?,36-,37?,38?,39?,40?,41?,42-,43?,44?,45?,46?,47?,48?,49?,50-,51-,52+,53+,54+,55+,56+,57?,58+,59-,60-,61-,62?,63?,64?,65?,66+,67+,68+,69+,70-,71?,72?,74-,75-,76-,77-,78-,79-,80-,81+/m0/s1. The molecule has 2 aromatic rings. The van der Waals surface area contributed by atoms with Gasteiger partial charge < -0.3 is 240 Å². The van der Waals surface area contributed by atoms with Crippen LogP contribution in [-0.4, -0.2) is 517 Å². The SMILES string of the molecule is CC(=O)NC1C(O)[C@H](O[C@@H]2OC(CO)[C@H](O)[C@H](O)C2O)[C@H](CO)O[C@H]1OC1[C@@H](OCC2O[C@@H](O[C@@H]3C(CO)O[C@@H](O[C@@H]4C(CO)O[C@@H](CC(=O)CC(NC(=O)OCC5c6ccccc6-c6ccccc65)C(=O)O)C(NC(C)=O)[C@H]4O)C(NC(C)=O)[C@H]3O)C(O)[C@@H](O[C@H]3OC(CO)[C@@H](O)C(O)C3O[C@@H]3OC(CO)[C@@H](O[C@@H]4OC(CO)[C@H](O)[C@H](O)C4O)[C@H](O)C3NC(C)=O)[C@@H]2O)OC(CO)[C@@H](O)[C@@H]1O. The molecule has 12 rings (SSSR count). The van der Waals surface area contributed by atoms with Crippen molar-refractivity contribution in [1.82, 2.24) is 26.6 Å². The fraction of sp³-hybridized carbons (Fsp3) is 0.768. The third kappa shape index (κ3) is 24.3. The van der Waals surface area contributed by atoms with Crippen molar-refractivity contribution in [3.63, 3.8) is 0 Å². The first kappa shape index (κ1) is 109. The van der Waals surface area contributed by atoms with Gasteiger partial charge in [-0.3, -0.25) is 24.0 Å². The van der Waals surface area contributed by atoms with Crippen LogP contribution in [0.5, 0.6) is 0 Å². The first-order valence-electron chi connectivity index (χ1n) is 43.9. The maximum absolute atomic E-state index is 14.0. The fourth-order valence-electron chi connectivity index (χ4n) is 18.3. The zero-order valence-corrected chi connectivity index (χ0v) is 73.6. The lowest BCUT2D eigenvalue weighted by Gasteiger charge is -2.51. The number of carboxylic acids is 1. The number of carbonyl (C=O) groups is 7. The topological polar surface area (TPSA) is 852 Å². The van der Waals surface area contributed by atoms with E-state index in [9.17, 15) is 161 Å². The van der Waals surface area contributed by atoms with Crippen molar-refractivity contribution in [2.24, 2.45) is 0 Å². The number of carbonyl (C=O) groups excluding carboxylic acids is 6. The first-order valence-corrected chi connectivity index (χ1v) is 43.9. The van der Waals surface area contributed by atoms with Crippen molar-refractivity contribution >= 4 is 41.5 Å². The lowest BCUT2D eigenvalue weighted by Crippen LogP contribution is -2.71. The molecule has 9 aliphatic heterocycles. The predicted octanol–water partition coefficient (Wildman–Crippen LogP) is -16.7. The highest BCUT2D eigenvalue weighted by molar-refractivity contribution is 5.88. The Morgan fingerprint density at radius 3 is 1.01 bits per heavy atom. The second-order valence-electron chi connectivity index (χ2n) is 34.6. The molecule has 46 atom stereocenters. The number of fused-ring (bicyclic) bond motifs is 3. The van der Waals surface area contributed by atoms with Gasteiger partial charge in [-0.05, 0) is 22.3 Å². The quantitative estimate of drug-likeness (QED) is 0.0299. The summed E-state index contributed by atoms with van der Waals surface area (Å²) in [4.78, 5) is 92.4. The monoisotopic (exact) mass is 1980 g/mol. The summed E-state index contributed by atoms with van der Waals surface area (Å²) >= 11 is 0. The van der Waals surface area contributed by atoms with Gasteiger partial charge in [-0.15, -0.1) is 0 Å². The molecule has 55 nitrogen and oxygen atoms in total. The van der Waals surface area contributed by atoms with E-state index in [4.69, 9.17) is 85.3 Å². The molecule has 0 spiro atoms. The average Bonchev–Trinajstić information content (AvgIpc) is 1.74. The smallest absolute Gasteiger partial charge is 0.407 e. The van der Waals surface area contributed by atoms with E-state index in [-0.39, 0.29) is 6.61 Å². The van der Waals surface area contributed by atoms with Gasteiger partial charge in [0.15, 0.2) is 50.3 Å². The maximum atomic E-state index is 14.0. The zero-order valence-electron chi connectivity index (χ0n) is 73.6. The lowest BCUT2D eigenvalue weighted by atomic mass is 9.88. The number of amides is 5. The molecule has 0 bridgehead atoms. The normalized spacial score (nSPS) is 42.6. The Labute approximate surface area is 777 Å². The molecule has 0 radical (unpaired) electrons. The van der Waals surface area contributed by atoms with Gasteiger partial charge in [0.2, 0.25) is 23.6 Å². The van der Waals surface area contributed by atoms with Crippen LogP contribution in [0.2, 0.25) is 0 Å². The van der Waals surface area contributed by atoms with Gasteiger partial charge in [-0.2, -0.15) is 0 Å². The van der Waals surface area contributed by atoms with Crippen molar-refractivity contribution in [2.75, 3.05) is 66.1 Å². The Hall–Kier alpha value is -6.91. The number of hydrogen-bond acceptors (Lipinski definition) is 49. The summed E-state index contributed by atoms with van der Waals surface area (Å²) < 4.78 is 108. The minimum atomic E-state index is -2.65. The number of ketones is 1. The number of aliphatic hydroxyl groups is 24. The Balaban J connectivity index is 0.821. The Morgan fingerprint density at radius 1 is 0.307 bits per heavy atom. The van der Waals surface area contributed by atoms with Gasteiger partial charge in [-0.1, -0.05) is 48.5 Å². The van der Waals surface area contributed by atoms with Crippen LogP contribution in [0.3, 0.4) is 0 Å². The van der Waals surface area contributed by atoms with E-state index in [1.165, 1.54) is 0 Å². The largest absolute Gasteiger partial charge is 0.480 e. The molecule has 9 heterocycles. The number of carboxylic acid groups (broad SMARTS) is 1. The molecule has 5 amide bonds. The molecule has 2 aromatic carbocycles. The Morgan fingerprint density at radius 2 is 0.620 bits per heavy atom. The molecule has 20 unspecified atom stereocenters. The maximum Gasteiger partial charge on any atom is 0.407 e. The van der Waals surface area contributed by atoms with Gasteiger partial charge in [0.25, 0.3) is 0 Å². The van der Waals surface area contributed by atoms with Gasteiger partial charge in [0, 0.05) is 46.5 Å². The average molecular weight is 1980 g/mol. The van der Waals surface area contributed by atoms with Gasteiger partial charge in [0.1, 0.15) is 232 Å². The van der Waals surface area contributed by atoms with Crippen molar-refractivity contribution in [2.45, 2.75) is 328 Å². The number of aliphatic hydroxyl groups excluding tert-OH is 24. The van der Waals surface area contributed by atoms with Crippen LogP contribution in [0.1, 0.15) is 57.6 Å². The molecule has 9 saturated heterocycles. The van der Waals surface area contributed by atoms with E-state index in [2.05, 4.69) is 26.6 Å². The van der Waals surface area contributed by atoms with Crippen LogP contribution in [0.4, 0.5) is 4.79 Å². The molecule has 774 valence electrons. The molecular formula is C82H121N5O50. The van der Waals surface area contributed by atoms with E-state index < -0.39 is 402 Å². The summed E-state index contributed by atoms with van der Waals surface area (Å²) in [5, 5.41) is 293. The molecule has 1 aliphatic carbocycles. The molecule has 0 saturated carbocycles. The minimum Gasteiger partial charge on any atom is -0.480 e. The van der Waals surface area contributed by atoms with Gasteiger partial charge in [-0.25, -0.2) is 9.59 Å². The van der Waals surface area contributed by atoms with Gasteiger partial charge >= 0.3 is 12.1 Å². The van der Waals surface area contributed by atoms with Crippen LogP contribution in [-0.2, 0) is 114 Å². The molecular weight excluding hydrogens is 1850 g/mol. The molecule has 137 heavy (non-hydrogen) atoms. The third-order valence-corrected chi connectivity index (χ3v) is 25.3. The fourth-order valence-corrected chi connectivity index (χ4v) is 18.3. The van der Waals surface area contributed by atoms with Crippen molar-refractivity contribution in [3.8, 4) is 11.1 Å². The summed E-state index contributed by atoms with van der Waals surface area (Å²) in [5.41, 5.74) is 3.45. The number of alkyl carbamates (subject to hydrolysis) is 1. The number of hydrogen-bond donors (Lipinski definition) is 30. The number of rotatable bonds is 37. The lowest BCUT2D eigenvalue weighted by molar-refractivity contribution is -0.398. The first-order chi connectivity index (χ1) is 65.1. The van der Waals surface area contributed by atoms with Crippen LogP contribution < -0.4 is 26.6 Å². The predicted molar refractivity (Wildman–Crippen MR) is 435 cm³/mol. The van der Waals surface area contributed by atoms with E-state index in [1.54, 1.807) is 12.1 Å². The number of nitrogens with one attached hydrogen (secondary N) is 5. The number of ether oxygens (including phenoxy) is 18. The van der Waals surface area contributed by atoms with Crippen LogP contribution >= 0.6 is 0 Å². The van der Waals surface area contributed by atoms with E-state index in [1.807, 2.05) is 36.4 Å². The number of Topliss-reactive ketones (excluding diaryl/α,β-unsaturated/α-hetero) is 1. The van der Waals surface area contributed by atoms with Crippen molar-refractivity contribution < 1.29 is 246 Å². The second-order valence-corrected chi connectivity index (χ2v) is 34.6. The van der Waals surface area contributed by atoms with E-state index >= 15 is 0 Å². The van der Waals surface area contributed by atoms with E-state index in [0.29, 0.717) is 0 Å². The summed E-state index contributed by atoms with van der Waals surface area (Å²) in [6.45, 7) is -6.79. The molecule has 30 N–H and O–H groups in total. The van der Waals surface area contributed by atoms with Crippen LogP contribution in [0.25, 0.3) is 11.1 Å². The summed E-state index contributed by atoms with van der Waals surface area (Å²) in [5.74, 6) is -6.92. The van der Waals surface area contributed by atoms with Crippen LogP contribution in [0, 0.1) is 0 Å². The van der Waals surface area contributed by atoms with Gasteiger partial charge in [0.05, 0.1) is 71.6 Å². The highest BCUT2D eigenvalue weighted by Gasteiger charge is 2.62. The summed E-state index contributed by atoms with van der Waals surface area (Å²) in [7, 11) is 0. The summed E-state index contributed by atoms with van der Waals surface area (Å²) in [6, 6.07) is 5.08. The molecule has 9 fully saturated rings. The van der Waals surface area contributed by atoms with Crippen molar-refractivity contribution in [1.29, 1.82) is 0 Å².